The van der Waals surface area contributed by atoms with E-state index in [1.807, 2.05) is 7.05 Å². The second-order valence-electron chi connectivity index (χ2n) is 4.87. The lowest BCUT2D eigenvalue weighted by Crippen LogP contribution is -2.44. The van der Waals surface area contributed by atoms with Crippen molar-refractivity contribution in [3.05, 3.63) is 0 Å². The number of sulfone groups is 1. The third-order valence-electron chi connectivity index (χ3n) is 3.08. The van der Waals surface area contributed by atoms with Crippen molar-refractivity contribution < 1.29 is 16.8 Å². The number of sulfonamides is 1. The van der Waals surface area contributed by atoms with Crippen molar-refractivity contribution in [1.29, 1.82) is 0 Å². The molecule has 1 unspecified atom stereocenters. The minimum Gasteiger partial charge on any atom is -0.319 e. The van der Waals surface area contributed by atoms with Crippen LogP contribution in [0, 0.1) is 5.92 Å². The average Bonchev–Trinajstić information content (AvgIpc) is 2.27. The summed E-state index contributed by atoms with van der Waals surface area (Å²) in [6.45, 7) is 1.79. The van der Waals surface area contributed by atoms with Crippen LogP contribution in [0.4, 0.5) is 0 Å². The van der Waals surface area contributed by atoms with Crippen LogP contribution in [0.15, 0.2) is 0 Å². The summed E-state index contributed by atoms with van der Waals surface area (Å²) in [5, 5.41) is 3.05. The molecule has 1 aliphatic rings. The van der Waals surface area contributed by atoms with Gasteiger partial charge >= 0.3 is 0 Å². The predicted octanol–water partition coefficient (Wildman–Crippen LogP) is -0.708. The Hall–Kier alpha value is -0.180. The van der Waals surface area contributed by atoms with Crippen LogP contribution in [0.5, 0.6) is 0 Å². The van der Waals surface area contributed by atoms with Gasteiger partial charge in [-0.3, -0.25) is 0 Å². The molecular weight excluding hydrogens is 276 g/mol. The fourth-order valence-corrected chi connectivity index (χ4v) is 5.28. The Morgan fingerprint density at radius 1 is 1.22 bits per heavy atom. The van der Waals surface area contributed by atoms with Gasteiger partial charge in [0.1, 0.15) is 9.84 Å². The smallest absolute Gasteiger partial charge is 0.215 e. The molecule has 0 aromatic rings. The summed E-state index contributed by atoms with van der Waals surface area (Å²) in [7, 11) is -4.83. The molecule has 0 aromatic carbocycles. The number of hydrogen-bond acceptors (Lipinski definition) is 5. The van der Waals surface area contributed by atoms with Crippen molar-refractivity contribution in [2.75, 3.05) is 44.4 Å². The number of rotatable bonds is 6. The lowest BCUT2D eigenvalue weighted by Gasteiger charge is -2.31. The molecule has 1 atom stereocenters. The minimum atomic E-state index is -3.44. The Morgan fingerprint density at radius 2 is 1.89 bits per heavy atom. The molecule has 0 radical (unpaired) electrons. The average molecular weight is 298 g/mol. The van der Waals surface area contributed by atoms with E-state index in [-0.39, 0.29) is 11.5 Å². The first-order chi connectivity index (χ1) is 8.24. The second kappa shape index (κ2) is 6.31. The zero-order valence-electron chi connectivity index (χ0n) is 10.9. The molecule has 6 nitrogen and oxygen atoms in total. The summed E-state index contributed by atoms with van der Waals surface area (Å²) in [6.07, 6.45) is 2.91. The van der Waals surface area contributed by atoms with Gasteiger partial charge in [-0.25, -0.2) is 21.1 Å². The third-order valence-corrected chi connectivity index (χ3v) is 6.12. The van der Waals surface area contributed by atoms with E-state index in [0.717, 1.165) is 25.6 Å². The van der Waals surface area contributed by atoms with E-state index < -0.39 is 19.9 Å². The quantitative estimate of drug-likeness (QED) is 0.700. The molecule has 8 heteroatoms. The number of nitrogens with zero attached hydrogens (tertiary/aromatic N) is 1. The van der Waals surface area contributed by atoms with Crippen molar-refractivity contribution >= 4 is 19.9 Å². The fraction of sp³-hybridized carbons (Fsp3) is 1.00. The molecule has 1 saturated heterocycles. The summed E-state index contributed by atoms with van der Waals surface area (Å²) in [5.41, 5.74) is 0. The van der Waals surface area contributed by atoms with E-state index >= 15 is 0 Å². The molecule has 1 N–H and O–H groups in total. The normalized spacial score (nSPS) is 23.1. The van der Waals surface area contributed by atoms with Crippen molar-refractivity contribution in [3.63, 3.8) is 0 Å². The van der Waals surface area contributed by atoms with Gasteiger partial charge in [-0.05, 0) is 32.4 Å². The van der Waals surface area contributed by atoms with Gasteiger partial charge in [-0.1, -0.05) is 0 Å². The minimum absolute atomic E-state index is 0.303. The van der Waals surface area contributed by atoms with E-state index in [0.29, 0.717) is 19.0 Å². The maximum absolute atomic E-state index is 12.0. The monoisotopic (exact) mass is 298 g/mol. The molecule has 0 amide bonds. The summed E-state index contributed by atoms with van der Waals surface area (Å²) < 4.78 is 47.5. The molecule has 1 heterocycles. The second-order valence-corrected chi connectivity index (χ2v) is 9.22. The first-order valence-electron chi connectivity index (χ1n) is 6.05. The van der Waals surface area contributed by atoms with Crippen LogP contribution in [0.1, 0.15) is 12.8 Å². The van der Waals surface area contributed by atoms with Crippen LogP contribution >= 0.6 is 0 Å². The summed E-state index contributed by atoms with van der Waals surface area (Å²) >= 11 is 0. The highest BCUT2D eigenvalue weighted by atomic mass is 32.2. The zero-order valence-corrected chi connectivity index (χ0v) is 12.6. The van der Waals surface area contributed by atoms with Crippen LogP contribution in [0.25, 0.3) is 0 Å². The SMILES string of the molecule is CNCC1CCCN(S(=O)(=O)CCS(C)(=O)=O)C1. The highest BCUT2D eigenvalue weighted by Crippen LogP contribution is 2.19. The van der Waals surface area contributed by atoms with Gasteiger partial charge in [-0.2, -0.15) is 0 Å². The van der Waals surface area contributed by atoms with Crippen molar-refractivity contribution in [2.24, 2.45) is 5.92 Å². The first-order valence-corrected chi connectivity index (χ1v) is 9.72. The standard InChI is InChI=1S/C10H22N2O4S2/c1-11-8-10-4-3-5-12(9-10)18(15,16)7-6-17(2,13)14/h10-11H,3-9H2,1-2H3. The largest absolute Gasteiger partial charge is 0.319 e. The van der Waals surface area contributed by atoms with E-state index in [4.69, 9.17) is 0 Å². The fourth-order valence-electron chi connectivity index (χ4n) is 2.12. The van der Waals surface area contributed by atoms with E-state index in [1.54, 1.807) is 0 Å². The van der Waals surface area contributed by atoms with Crippen LogP contribution < -0.4 is 5.32 Å². The number of piperidine rings is 1. The molecule has 1 rings (SSSR count). The molecule has 18 heavy (non-hydrogen) atoms. The molecule has 0 aromatic heterocycles. The van der Waals surface area contributed by atoms with Gasteiger partial charge in [0.2, 0.25) is 10.0 Å². The van der Waals surface area contributed by atoms with E-state index in [1.165, 1.54) is 4.31 Å². The van der Waals surface area contributed by atoms with Crippen LogP contribution in [-0.2, 0) is 19.9 Å². The van der Waals surface area contributed by atoms with Crippen LogP contribution in [0.3, 0.4) is 0 Å². The topological polar surface area (TPSA) is 83.6 Å². The Kier molecular flexibility index (Phi) is 5.57. The molecular formula is C10H22N2O4S2. The molecule has 1 fully saturated rings. The van der Waals surface area contributed by atoms with Gasteiger partial charge in [0.05, 0.1) is 11.5 Å². The number of nitrogens with one attached hydrogen (secondary N) is 1. The van der Waals surface area contributed by atoms with Gasteiger partial charge in [0, 0.05) is 19.3 Å². The summed E-state index contributed by atoms with van der Waals surface area (Å²) in [6, 6.07) is 0. The summed E-state index contributed by atoms with van der Waals surface area (Å²) in [4.78, 5) is 0. The molecule has 1 aliphatic heterocycles. The first kappa shape index (κ1) is 15.9. The highest BCUT2D eigenvalue weighted by Gasteiger charge is 2.29. The van der Waals surface area contributed by atoms with Crippen molar-refractivity contribution in [2.45, 2.75) is 12.8 Å². The van der Waals surface area contributed by atoms with E-state index in [9.17, 15) is 16.8 Å². The number of hydrogen-bond donors (Lipinski definition) is 1. The Morgan fingerprint density at radius 3 is 2.44 bits per heavy atom. The lowest BCUT2D eigenvalue weighted by molar-refractivity contribution is 0.263. The Bertz CT molecular complexity index is 456. The predicted molar refractivity (Wildman–Crippen MR) is 71.7 cm³/mol. The van der Waals surface area contributed by atoms with Crippen molar-refractivity contribution in [3.8, 4) is 0 Å². The lowest BCUT2D eigenvalue weighted by atomic mass is 10.00. The third kappa shape index (κ3) is 5.21. The van der Waals surface area contributed by atoms with Gasteiger partial charge in [-0.15, -0.1) is 0 Å². The Balaban J connectivity index is 2.61. The molecule has 108 valence electrons. The molecule has 0 bridgehead atoms. The summed E-state index contributed by atoms with van der Waals surface area (Å²) in [5.74, 6) is -0.294. The van der Waals surface area contributed by atoms with Gasteiger partial charge in [0.15, 0.2) is 0 Å². The maximum atomic E-state index is 12.0. The van der Waals surface area contributed by atoms with E-state index in [2.05, 4.69) is 5.32 Å². The molecule has 0 aliphatic carbocycles. The highest BCUT2D eigenvalue weighted by molar-refractivity contribution is 7.93. The Labute approximate surface area is 110 Å². The molecule has 0 spiro atoms. The van der Waals surface area contributed by atoms with Gasteiger partial charge < -0.3 is 5.32 Å². The molecule has 0 saturated carbocycles. The maximum Gasteiger partial charge on any atom is 0.215 e. The zero-order chi connectivity index (χ0) is 13.8. The van der Waals surface area contributed by atoms with Crippen LogP contribution in [0.2, 0.25) is 0 Å². The van der Waals surface area contributed by atoms with Crippen molar-refractivity contribution in [1.82, 2.24) is 9.62 Å². The van der Waals surface area contributed by atoms with Crippen LogP contribution in [-0.4, -0.2) is 65.6 Å². The van der Waals surface area contributed by atoms with Gasteiger partial charge in [0.25, 0.3) is 0 Å².